The van der Waals surface area contributed by atoms with E-state index in [1.807, 2.05) is 18.2 Å². The number of para-hydroxylation sites is 1. The van der Waals surface area contributed by atoms with Crippen LogP contribution in [0.1, 0.15) is 33.1 Å². The number of amides is 1. The van der Waals surface area contributed by atoms with Crippen LogP contribution in [0.5, 0.6) is 5.75 Å². The molecule has 1 aromatic rings. The van der Waals surface area contributed by atoms with Crippen LogP contribution < -0.4 is 15.8 Å². The maximum Gasteiger partial charge on any atom is 0.220 e. The number of hydrogen-bond donors (Lipinski definition) is 2. The summed E-state index contributed by atoms with van der Waals surface area (Å²) >= 11 is 5.98. The Balaban J connectivity index is 2.23. The average molecular weight is 313 g/mol. The van der Waals surface area contributed by atoms with E-state index in [1.165, 1.54) is 0 Å². The van der Waals surface area contributed by atoms with E-state index in [1.54, 1.807) is 6.07 Å². The molecule has 0 aliphatic heterocycles. The number of nitrogens with two attached hydrogens (primary N) is 1. The molecule has 0 spiro atoms. The van der Waals surface area contributed by atoms with Gasteiger partial charge in [-0.15, -0.1) is 0 Å². The first kappa shape index (κ1) is 17.8. The van der Waals surface area contributed by atoms with Crippen molar-refractivity contribution in [1.29, 1.82) is 0 Å². The second kappa shape index (κ2) is 9.64. The van der Waals surface area contributed by atoms with Crippen molar-refractivity contribution >= 4 is 17.5 Å². The second-order valence-corrected chi connectivity index (χ2v) is 5.92. The predicted molar refractivity (Wildman–Crippen MR) is 86.6 cm³/mol. The van der Waals surface area contributed by atoms with Gasteiger partial charge < -0.3 is 15.8 Å². The van der Waals surface area contributed by atoms with E-state index in [0.29, 0.717) is 42.7 Å². The molecule has 0 fully saturated rings. The van der Waals surface area contributed by atoms with Crippen LogP contribution in [-0.2, 0) is 4.79 Å². The van der Waals surface area contributed by atoms with Gasteiger partial charge in [-0.3, -0.25) is 4.79 Å². The number of rotatable bonds is 9. The Labute approximate surface area is 132 Å². The molecule has 0 saturated heterocycles. The van der Waals surface area contributed by atoms with Gasteiger partial charge >= 0.3 is 0 Å². The van der Waals surface area contributed by atoms with Crippen molar-refractivity contribution in [2.24, 2.45) is 11.7 Å². The number of nitrogens with one attached hydrogen (secondary N) is 1. The standard InChI is InChI=1S/C16H25ClN2O2/c1-12(2)10-13(11-18)19-16(20)8-5-9-21-15-7-4-3-6-14(15)17/h3-4,6-7,12-13H,5,8-11,18H2,1-2H3,(H,19,20). The van der Waals surface area contributed by atoms with Gasteiger partial charge in [-0.1, -0.05) is 37.6 Å². The molecular weight excluding hydrogens is 288 g/mol. The van der Waals surface area contributed by atoms with Crippen LogP contribution in [-0.4, -0.2) is 25.1 Å². The zero-order valence-electron chi connectivity index (χ0n) is 12.8. The molecule has 0 bridgehead atoms. The summed E-state index contributed by atoms with van der Waals surface area (Å²) in [6, 6.07) is 7.37. The maximum absolute atomic E-state index is 11.8. The molecule has 21 heavy (non-hydrogen) atoms. The number of hydrogen-bond acceptors (Lipinski definition) is 3. The molecule has 1 rings (SSSR count). The molecule has 0 radical (unpaired) electrons. The fourth-order valence-corrected chi connectivity index (χ4v) is 2.25. The minimum absolute atomic E-state index is 0.0221. The van der Waals surface area contributed by atoms with E-state index >= 15 is 0 Å². The van der Waals surface area contributed by atoms with Gasteiger partial charge in [0.25, 0.3) is 0 Å². The van der Waals surface area contributed by atoms with Gasteiger partial charge in [0.1, 0.15) is 5.75 Å². The molecule has 1 atom stereocenters. The van der Waals surface area contributed by atoms with Gasteiger partial charge in [-0.05, 0) is 30.9 Å². The lowest BCUT2D eigenvalue weighted by molar-refractivity contribution is -0.122. The summed E-state index contributed by atoms with van der Waals surface area (Å²) in [5.74, 6) is 1.19. The van der Waals surface area contributed by atoms with Crippen molar-refractivity contribution < 1.29 is 9.53 Å². The smallest absolute Gasteiger partial charge is 0.220 e. The van der Waals surface area contributed by atoms with Crippen LogP contribution in [0.3, 0.4) is 0 Å². The van der Waals surface area contributed by atoms with Crippen molar-refractivity contribution in [3.63, 3.8) is 0 Å². The Kier molecular flexibility index (Phi) is 8.16. The molecule has 118 valence electrons. The highest BCUT2D eigenvalue weighted by molar-refractivity contribution is 6.32. The number of halogens is 1. The van der Waals surface area contributed by atoms with Crippen LogP contribution >= 0.6 is 11.6 Å². The van der Waals surface area contributed by atoms with E-state index in [0.717, 1.165) is 6.42 Å². The molecule has 4 nitrogen and oxygen atoms in total. The fraction of sp³-hybridized carbons (Fsp3) is 0.562. The third-order valence-electron chi connectivity index (χ3n) is 3.05. The number of carbonyl (C=O) groups is 1. The van der Waals surface area contributed by atoms with Gasteiger partial charge in [-0.2, -0.15) is 0 Å². The van der Waals surface area contributed by atoms with E-state index in [9.17, 15) is 4.79 Å². The van der Waals surface area contributed by atoms with Crippen LogP contribution in [0.25, 0.3) is 0 Å². The lowest BCUT2D eigenvalue weighted by Crippen LogP contribution is -2.41. The summed E-state index contributed by atoms with van der Waals surface area (Å²) in [5.41, 5.74) is 5.66. The van der Waals surface area contributed by atoms with Crippen molar-refractivity contribution in [2.45, 2.75) is 39.2 Å². The summed E-state index contributed by atoms with van der Waals surface area (Å²) in [5, 5.41) is 3.55. The minimum Gasteiger partial charge on any atom is -0.492 e. The van der Waals surface area contributed by atoms with Crippen molar-refractivity contribution in [2.75, 3.05) is 13.2 Å². The van der Waals surface area contributed by atoms with Gasteiger partial charge in [0.2, 0.25) is 5.91 Å². The zero-order chi connectivity index (χ0) is 15.7. The molecule has 1 aromatic carbocycles. The molecule has 0 aliphatic carbocycles. The first-order valence-electron chi connectivity index (χ1n) is 7.39. The Hall–Kier alpha value is -1.26. The third kappa shape index (κ3) is 7.34. The fourth-order valence-electron chi connectivity index (χ4n) is 2.06. The maximum atomic E-state index is 11.8. The first-order valence-corrected chi connectivity index (χ1v) is 7.77. The van der Waals surface area contributed by atoms with E-state index in [-0.39, 0.29) is 11.9 Å². The SMILES string of the molecule is CC(C)CC(CN)NC(=O)CCCOc1ccccc1Cl. The highest BCUT2D eigenvalue weighted by Crippen LogP contribution is 2.23. The molecule has 0 aliphatic rings. The van der Waals surface area contributed by atoms with Crippen LogP contribution in [0.4, 0.5) is 0 Å². The molecule has 1 amide bonds. The van der Waals surface area contributed by atoms with E-state index in [2.05, 4.69) is 19.2 Å². The molecule has 1 unspecified atom stereocenters. The monoisotopic (exact) mass is 312 g/mol. The third-order valence-corrected chi connectivity index (χ3v) is 3.36. The van der Waals surface area contributed by atoms with Crippen molar-refractivity contribution in [3.05, 3.63) is 29.3 Å². The van der Waals surface area contributed by atoms with Gasteiger partial charge in [0.05, 0.1) is 11.6 Å². The lowest BCUT2D eigenvalue weighted by Gasteiger charge is -2.18. The molecule has 3 N–H and O–H groups in total. The van der Waals surface area contributed by atoms with Gasteiger partial charge in [0.15, 0.2) is 0 Å². The quantitative estimate of drug-likeness (QED) is 0.689. The Morgan fingerprint density at radius 1 is 1.38 bits per heavy atom. The summed E-state index contributed by atoms with van der Waals surface area (Å²) in [6.07, 6.45) is 1.98. The second-order valence-electron chi connectivity index (χ2n) is 5.51. The summed E-state index contributed by atoms with van der Waals surface area (Å²) in [6.45, 7) is 5.17. The molecule has 5 heteroatoms. The largest absolute Gasteiger partial charge is 0.492 e. The van der Waals surface area contributed by atoms with Crippen molar-refractivity contribution in [1.82, 2.24) is 5.32 Å². The van der Waals surface area contributed by atoms with E-state index in [4.69, 9.17) is 22.1 Å². The highest BCUT2D eigenvalue weighted by atomic mass is 35.5. The lowest BCUT2D eigenvalue weighted by atomic mass is 10.0. The van der Waals surface area contributed by atoms with Crippen LogP contribution in [0, 0.1) is 5.92 Å². The molecule has 0 heterocycles. The van der Waals surface area contributed by atoms with Gasteiger partial charge in [0, 0.05) is 19.0 Å². The minimum atomic E-state index is 0.0221. The van der Waals surface area contributed by atoms with Crippen LogP contribution in [0.2, 0.25) is 5.02 Å². The first-order chi connectivity index (χ1) is 10.0. The molecular formula is C16H25ClN2O2. The average Bonchev–Trinajstić information content (AvgIpc) is 2.44. The molecule has 0 aromatic heterocycles. The highest BCUT2D eigenvalue weighted by Gasteiger charge is 2.12. The Morgan fingerprint density at radius 3 is 2.71 bits per heavy atom. The summed E-state index contributed by atoms with van der Waals surface area (Å²) in [4.78, 5) is 11.8. The summed E-state index contributed by atoms with van der Waals surface area (Å²) in [7, 11) is 0. The van der Waals surface area contributed by atoms with Crippen molar-refractivity contribution in [3.8, 4) is 5.75 Å². The van der Waals surface area contributed by atoms with Crippen LogP contribution in [0.15, 0.2) is 24.3 Å². The Bertz CT molecular complexity index is 438. The van der Waals surface area contributed by atoms with E-state index < -0.39 is 0 Å². The topological polar surface area (TPSA) is 64.3 Å². The number of carbonyl (C=O) groups excluding carboxylic acids is 1. The number of ether oxygens (including phenoxy) is 1. The molecule has 0 saturated carbocycles. The normalized spacial score (nSPS) is 12.2. The van der Waals surface area contributed by atoms with Gasteiger partial charge in [-0.25, -0.2) is 0 Å². The number of benzene rings is 1. The zero-order valence-corrected chi connectivity index (χ0v) is 13.5. The summed E-state index contributed by atoms with van der Waals surface area (Å²) < 4.78 is 5.55. The Morgan fingerprint density at radius 2 is 2.10 bits per heavy atom. The predicted octanol–water partition coefficient (Wildman–Crippen LogP) is 2.99.